The van der Waals surface area contributed by atoms with Crippen LogP contribution in [0, 0.1) is 10.1 Å². The summed E-state index contributed by atoms with van der Waals surface area (Å²) in [6, 6.07) is 8.26. The summed E-state index contributed by atoms with van der Waals surface area (Å²) < 4.78 is 0. The van der Waals surface area contributed by atoms with Crippen LogP contribution in [0.25, 0.3) is 0 Å². The van der Waals surface area contributed by atoms with E-state index < -0.39 is 4.92 Å². The SMILES string of the molecule is O=C(NC[C@@H](c1cccs1)[NH+]1CCCC1)c1ccc([N+](=O)[O-])cc1Cl. The number of hydrogen-bond donors (Lipinski definition) is 2. The second-order valence-corrected chi connectivity index (χ2v) is 7.45. The number of rotatable bonds is 6. The quantitative estimate of drug-likeness (QED) is 0.597. The fourth-order valence-corrected chi connectivity index (χ4v) is 4.35. The van der Waals surface area contributed by atoms with Crippen LogP contribution in [0.4, 0.5) is 5.69 Å². The number of likely N-dealkylation sites (tertiary alicyclic amines) is 1. The van der Waals surface area contributed by atoms with Crippen LogP contribution in [0.15, 0.2) is 35.7 Å². The van der Waals surface area contributed by atoms with Gasteiger partial charge in [-0.15, -0.1) is 11.3 Å². The summed E-state index contributed by atoms with van der Waals surface area (Å²) in [5.41, 5.74) is 0.133. The molecule has 3 rings (SSSR count). The van der Waals surface area contributed by atoms with Crippen LogP contribution in [-0.2, 0) is 0 Å². The van der Waals surface area contributed by atoms with Crippen molar-refractivity contribution in [3.8, 4) is 0 Å². The van der Waals surface area contributed by atoms with E-state index in [4.69, 9.17) is 11.6 Å². The maximum atomic E-state index is 12.5. The highest BCUT2D eigenvalue weighted by Gasteiger charge is 2.28. The number of nitrogens with zero attached hydrogens (tertiary/aromatic N) is 1. The number of non-ortho nitro benzene ring substituents is 1. The van der Waals surface area contributed by atoms with Crippen LogP contribution >= 0.6 is 22.9 Å². The van der Waals surface area contributed by atoms with Gasteiger partial charge in [-0.2, -0.15) is 0 Å². The lowest BCUT2D eigenvalue weighted by molar-refractivity contribution is -0.918. The number of carbonyl (C=O) groups is 1. The third-order valence-corrected chi connectivity index (χ3v) is 5.80. The van der Waals surface area contributed by atoms with E-state index in [2.05, 4.69) is 11.4 Å². The highest BCUT2D eigenvalue weighted by atomic mass is 35.5. The van der Waals surface area contributed by atoms with Crippen molar-refractivity contribution in [2.24, 2.45) is 0 Å². The zero-order chi connectivity index (χ0) is 17.8. The first kappa shape index (κ1) is 17.8. The molecule has 6 nitrogen and oxygen atoms in total. The minimum absolute atomic E-state index is 0.0906. The van der Waals surface area contributed by atoms with Gasteiger partial charge in [0, 0.05) is 25.0 Å². The Balaban J connectivity index is 1.70. The van der Waals surface area contributed by atoms with Crippen LogP contribution in [0.3, 0.4) is 0 Å². The average Bonchev–Trinajstić information content (AvgIpc) is 3.28. The fourth-order valence-electron chi connectivity index (χ4n) is 3.20. The predicted molar refractivity (Wildman–Crippen MR) is 97.4 cm³/mol. The lowest BCUT2D eigenvalue weighted by Gasteiger charge is -2.24. The molecule has 0 aliphatic carbocycles. The van der Waals surface area contributed by atoms with Gasteiger partial charge in [-0.25, -0.2) is 0 Å². The minimum atomic E-state index is -0.531. The summed E-state index contributed by atoms with van der Waals surface area (Å²) in [6.07, 6.45) is 2.42. The normalized spacial score (nSPS) is 15.9. The first-order valence-electron chi connectivity index (χ1n) is 8.16. The van der Waals surface area contributed by atoms with Gasteiger partial charge < -0.3 is 10.2 Å². The van der Waals surface area contributed by atoms with E-state index in [0.717, 1.165) is 13.1 Å². The molecule has 2 N–H and O–H groups in total. The van der Waals surface area contributed by atoms with Crippen molar-refractivity contribution in [1.82, 2.24) is 5.32 Å². The lowest BCUT2D eigenvalue weighted by Crippen LogP contribution is -3.11. The van der Waals surface area contributed by atoms with E-state index in [0.29, 0.717) is 6.54 Å². The standard InChI is InChI=1S/C17H18ClN3O3S/c18-14-10-12(21(23)24)5-6-13(14)17(22)19-11-15(16-4-3-9-25-16)20-7-1-2-8-20/h3-6,9-10,15H,1-2,7-8,11H2,(H,19,22)/p+1/t15-/m0/s1. The molecule has 0 radical (unpaired) electrons. The van der Waals surface area contributed by atoms with Crippen molar-refractivity contribution in [3.63, 3.8) is 0 Å². The van der Waals surface area contributed by atoms with Crippen molar-refractivity contribution in [3.05, 3.63) is 61.3 Å². The van der Waals surface area contributed by atoms with Gasteiger partial charge in [-0.05, 0) is 17.5 Å². The van der Waals surface area contributed by atoms with Crippen LogP contribution in [0.2, 0.25) is 5.02 Å². The predicted octanol–water partition coefficient (Wildman–Crippen LogP) is 2.46. The average molecular weight is 381 g/mol. The summed E-state index contributed by atoms with van der Waals surface area (Å²) in [4.78, 5) is 25.4. The summed E-state index contributed by atoms with van der Waals surface area (Å²) in [5, 5.41) is 15.9. The van der Waals surface area contributed by atoms with Crippen LogP contribution < -0.4 is 10.2 Å². The Bertz CT molecular complexity index is 761. The van der Waals surface area contributed by atoms with Crippen molar-refractivity contribution in [2.75, 3.05) is 19.6 Å². The number of nitro benzene ring substituents is 1. The number of quaternary nitrogens is 1. The van der Waals surface area contributed by atoms with Gasteiger partial charge in [-0.1, -0.05) is 17.7 Å². The number of carbonyl (C=O) groups excluding carboxylic acids is 1. The van der Waals surface area contributed by atoms with Crippen molar-refractivity contribution in [2.45, 2.75) is 18.9 Å². The van der Waals surface area contributed by atoms with Crippen molar-refractivity contribution in [1.29, 1.82) is 0 Å². The molecular formula is C17H19ClN3O3S+. The molecule has 0 bridgehead atoms. The number of benzene rings is 1. The number of nitrogens with one attached hydrogen (secondary N) is 2. The van der Waals surface area contributed by atoms with Crippen LogP contribution in [0.1, 0.15) is 34.1 Å². The summed E-state index contributed by atoms with van der Waals surface area (Å²) >= 11 is 7.74. The molecule has 0 spiro atoms. The van der Waals surface area contributed by atoms with Gasteiger partial charge in [0.1, 0.15) is 6.04 Å². The highest BCUT2D eigenvalue weighted by Crippen LogP contribution is 2.23. The largest absolute Gasteiger partial charge is 0.346 e. The fraction of sp³-hybridized carbons (Fsp3) is 0.353. The maximum Gasteiger partial charge on any atom is 0.270 e. The molecular weight excluding hydrogens is 362 g/mol. The molecule has 0 unspecified atom stereocenters. The van der Waals surface area contributed by atoms with Crippen LogP contribution in [-0.4, -0.2) is 30.5 Å². The molecule has 0 saturated carbocycles. The van der Waals surface area contributed by atoms with E-state index in [1.54, 1.807) is 11.3 Å². The maximum absolute atomic E-state index is 12.5. The molecule has 1 aromatic carbocycles. The second-order valence-electron chi connectivity index (χ2n) is 6.06. The molecule has 1 aliphatic heterocycles. The molecule has 2 heterocycles. The Morgan fingerprint density at radius 2 is 2.12 bits per heavy atom. The third kappa shape index (κ3) is 4.18. The van der Waals surface area contributed by atoms with Gasteiger partial charge >= 0.3 is 0 Å². The zero-order valence-corrected chi connectivity index (χ0v) is 15.1. The molecule has 1 fully saturated rings. The molecule has 1 aromatic heterocycles. The summed E-state index contributed by atoms with van der Waals surface area (Å²) in [6.45, 7) is 2.73. The number of hydrogen-bond acceptors (Lipinski definition) is 4. The molecule has 1 atom stereocenters. The molecule has 132 valence electrons. The van der Waals surface area contributed by atoms with E-state index >= 15 is 0 Å². The number of halogens is 1. The Morgan fingerprint density at radius 1 is 1.36 bits per heavy atom. The van der Waals surface area contributed by atoms with E-state index in [9.17, 15) is 14.9 Å². The van der Waals surface area contributed by atoms with Gasteiger partial charge in [-0.3, -0.25) is 14.9 Å². The third-order valence-electron chi connectivity index (χ3n) is 4.50. The van der Waals surface area contributed by atoms with Gasteiger partial charge in [0.05, 0.1) is 40.0 Å². The summed E-state index contributed by atoms with van der Waals surface area (Å²) in [5.74, 6) is -0.306. The minimum Gasteiger partial charge on any atom is -0.346 e. The lowest BCUT2D eigenvalue weighted by atomic mass is 10.1. The Labute approximate surface area is 154 Å². The first-order chi connectivity index (χ1) is 12.1. The zero-order valence-electron chi connectivity index (χ0n) is 13.5. The van der Waals surface area contributed by atoms with Gasteiger partial charge in [0.15, 0.2) is 0 Å². The first-order valence-corrected chi connectivity index (χ1v) is 9.42. The molecule has 2 aromatic rings. The Morgan fingerprint density at radius 3 is 2.72 bits per heavy atom. The van der Waals surface area contributed by atoms with E-state index in [-0.39, 0.29) is 28.2 Å². The second kappa shape index (κ2) is 7.95. The number of nitro groups is 1. The topological polar surface area (TPSA) is 76.7 Å². The van der Waals surface area contributed by atoms with Crippen LogP contribution in [0.5, 0.6) is 0 Å². The number of thiophene rings is 1. The van der Waals surface area contributed by atoms with E-state index in [1.807, 2.05) is 11.4 Å². The Kier molecular flexibility index (Phi) is 5.67. The molecule has 1 aliphatic rings. The molecule has 25 heavy (non-hydrogen) atoms. The smallest absolute Gasteiger partial charge is 0.270 e. The number of amides is 1. The molecule has 1 saturated heterocycles. The van der Waals surface area contributed by atoms with Crippen molar-refractivity contribution < 1.29 is 14.6 Å². The van der Waals surface area contributed by atoms with Gasteiger partial charge in [0.2, 0.25) is 0 Å². The Hall–Kier alpha value is -1.96. The van der Waals surface area contributed by atoms with Crippen molar-refractivity contribution >= 4 is 34.5 Å². The monoisotopic (exact) mass is 380 g/mol. The van der Waals surface area contributed by atoms with Gasteiger partial charge in [0.25, 0.3) is 11.6 Å². The molecule has 8 heteroatoms. The molecule has 1 amide bonds. The summed E-state index contributed by atoms with van der Waals surface area (Å²) in [7, 11) is 0. The van der Waals surface area contributed by atoms with E-state index in [1.165, 1.54) is 40.8 Å². The highest BCUT2D eigenvalue weighted by molar-refractivity contribution is 7.10.